The van der Waals surface area contributed by atoms with Gasteiger partial charge in [0.25, 0.3) is 0 Å². The molecule has 9 nitrogen and oxygen atoms in total. The predicted octanol–water partition coefficient (Wildman–Crippen LogP) is -1.11. The molecule has 1 saturated heterocycles. The molecule has 1 aliphatic heterocycles. The summed E-state index contributed by atoms with van der Waals surface area (Å²) in [7, 11) is 1.49. The van der Waals surface area contributed by atoms with Gasteiger partial charge in [0.2, 0.25) is 0 Å². The Bertz CT molecular complexity index is 648. The number of rotatable bonds is 4. The highest BCUT2D eigenvalue weighted by Gasteiger charge is 2.47. The summed E-state index contributed by atoms with van der Waals surface area (Å²) in [5.41, 5.74) is 5.46. The predicted molar refractivity (Wildman–Crippen MR) is 72.1 cm³/mol. The standard InChI is InChI=1S/C12H17N5O4/c1-20-8-2-12(19,7(3-18)21-8)4-17-6-16-9-10(13)14-5-15-11(9)17/h5-8,18-19H,2-4H2,1H3,(H2,13,14,15)/t7-,8-,12-/m1/s1. The number of aliphatic hydroxyl groups is 2. The molecule has 0 unspecified atom stereocenters. The maximum atomic E-state index is 10.8. The van der Waals surface area contributed by atoms with E-state index in [4.69, 9.17) is 15.2 Å². The zero-order chi connectivity index (χ0) is 15.0. The molecule has 0 amide bonds. The molecule has 1 fully saturated rings. The van der Waals surface area contributed by atoms with Crippen molar-refractivity contribution in [3.05, 3.63) is 12.7 Å². The molecular weight excluding hydrogens is 278 g/mol. The van der Waals surface area contributed by atoms with Gasteiger partial charge < -0.3 is 30.0 Å². The normalized spacial score (nSPS) is 29.3. The van der Waals surface area contributed by atoms with E-state index in [1.807, 2.05) is 0 Å². The first-order chi connectivity index (χ1) is 10.1. The van der Waals surface area contributed by atoms with Crippen LogP contribution in [0.25, 0.3) is 11.2 Å². The number of hydrogen-bond donors (Lipinski definition) is 3. The molecule has 0 aliphatic carbocycles. The van der Waals surface area contributed by atoms with Gasteiger partial charge in [0, 0.05) is 13.5 Å². The summed E-state index contributed by atoms with van der Waals surface area (Å²) >= 11 is 0. The summed E-state index contributed by atoms with van der Waals surface area (Å²) in [4.78, 5) is 12.1. The summed E-state index contributed by atoms with van der Waals surface area (Å²) in [5, 5.41) is 20.2. The molecule has 3 rings (SSSR count). The van der Waals surface area contributed by atoms with Crippen molar-refractivity contribution >= 4 is 17.0 Å². The average molecular weight is 295 g/mol. The minimum Gasteiger partial charge on any atom is -0.394 e. The number of nitrogens with zero attached hydrogens (tertiary/aromatic N) is 4. The molecule has 3 atom stereocenters. The van der Waals surface area contributed by atoms with Crippen LogP contribution in [-0.2, 0) is 16.0 Å². The smallest absolute Gasteiger partial charge is 0.165 e. The number of methoxy groups -OCH3 is 1. The highest BCUT2D eigenvalue weighted by molar-refractivity contribution is 5.81. The van der Waals surface area contributed by atoms with Crippen LogP contribution in [0.2, 0.25) is 0 Å². The van der Waals surface area contributed by atoms with Crippen LogP contribution in [-0.4, -0.2) is 61.4 Å². The van der Waals surface area contributed by atoms with Gasteiger partial charge in [-0.05, 0) is 0 Å². The fourth-order valence-corrected chi connectivity index (χ4v) is 2.61. The molecule has 0 radical (unpaired) electrons. The summed E-state index contributed by atoms with van der Waals surface area (Å²) in [6.07, 6.45) is 1.82. The second-order valence-electron chi connectivity index (χ2n) is 5.08. The van der Waals surface area contributed by atoms with E-state index in [2.05, 4.69) is 15.0 Å². The Morgan fingerprint density at radius 2 is 2.33 bits per heavy atom. The van der Waals surface area contributed by atoms with Crippen molar-refractivity contribution in [3.63, 3.8) is 0 Å². The van der Waals surface area contributed by atoms with Gasteiger partial charge in [0.1, 0.15) is 23.5 Å². The lowest BCUT2D eigenvalue weighted by Gasteiger charge is -2.27. The molecular formula is C12H17N5O4. The molecule has 0 spiro atoms. The summed E-state index contributed by atoms with van der Waals surface area (Å²) in [5.74, 6) is 0.280. The molecule has 0 bridgehead atoms. The van der Waals surface area contributed by atoms with E-state index in [0.29, 0.717) is 11.2 Å². The van der Waals surface area contributed by atoms with Crippen LogP contribution in [0.5, 0.6) is 0 Å². The maximum absolute atomic E-state index is 10.8. The Morgan fingerprint density at radius 3 is 3.05 bits per heavy atom. The second kappa shape index (κ2) is 5.19. The zero-order valence-corrected chi connectivity index (χ0v) is 11.5. The molecule has 2 aromatic heterocycles. The largest absolute Gasteiger partial charge is 0.394 e. The number of anilines is 1. The van der Waals surface area contributed by atoms with Crippen LogP contribution in [0.1, 0.15) is 6.42 Å². The van der Waals surface area contributed by atoms with Gasteiger partial charge in [-0.1, -0.05) is 0 Å². The number of imidazole rings is 1. The molecule has 0 aromatic carbocycles. The lowest BCUT2D eigenvalue weighted by Crippen LogP contribution is -2.44. The van der Waals surface area contributed by atoms with Gasteiger partial charge >= 0.3 is 0 Å². The third kappa shape index (κ3) is 2.33. The first kappa shape index (κ1) is 14.1. The van der Waals surface area contributed by atoms with Crippen LogP contribution in [0.3, 0.4) is 0 Å². The van der Waals surface area contributed by atoms with Crippen molar-refractivity contribution in [3.8, 4) is 0 Å². The van der Waals surface area contributed by atoms with Gasteiger partial charge in [-0.2, -0.15) is 0 Å². The SMILES string of the molecule is CO[C@H]1C[C@@](O)(Cn2cnc3c(N)ncnc32)[C@@H](CO)O1. The van der Waals surface area contributed by atoms with Gasteiger partial charge in [0.15, 0.2) is 17.8 Å². The number of fused-ring (bicyclic) bond motifs is 1. The Kier molecular flexibility index (Phi) is 3.49. The number of aliphatic hydroxyl groups excluding tert-OH is 1. The second-order valence-corrected chi connectivity index (χ2v) is 5.08. The summed E-state index contributed by atoms with van der Waals surface area (Å²) < 4.78 is 12.2. The third-order valence-electron chi connectivity index (χ3n) is 3.74. The molecule has 4 N–H and O–H groups in total. The van der Waals surface area contributed by atoms with Crippen LogP contribution in [0.4, 0.5) is 5.82 Å². The fraction of sp³-hybridized carbons (Fsp3) is 0.583. The average Bonchev–Trinajstić information content (AvgIpc) is 3.01. The first-order valence-corrected chi connectivity index (χ1v) is 6.50. The van der Waals surface area contributed by atoms with Gasteiger partial charge in [0.05, 0.1) is 19.5 Å². The number of aromatic nitrogens is 4. The third-order valence-corrected chi connectivity index (χ3v) is 3.74. The Labute approximate surface area is 120 Å². The van der Waals surface area contributed by atoms with Gasteiger partial charge in [-0.25, -0.2) is 15.0 Å². The van der Waals surface area contributed by atoms with Crippen LogP contribution in [0.15, 0.2) is 12.7 Å². The summed E-state index contributed by atoms with van der Waals surface area (Å²) in [6.45, 7) is -0.148. The first-order valence-electron chi connectivity index (χ1n) is 6.50. The Balaban J connectivity index is 1.92. The zero-order valence-electron chi connectivity index (χ0n) is 11.5. The molecule has 9 heteroatoms. The summed E-state index contributed by atoms with van der Waals surface area (Å²) in [6, 6.07) is 0. The molecule has 21 heavy (non-hydrogen) atoms. The highest BCUT2D eigenvalue weighted by atomic mass is 16.7. The van der Waals surface area contributed by atoms with Gasteiger partial charge in [-0.3, -0.25) is 0 Å². The molecule has 2 aromatic rings. The Hall–Kier alpha value is -1.81. The van der Waals surface area contributed by atoms with Crippen molar-refractivity contribution in [2.24, 2.45) is 0 Å². The fourth-order valence-electron chi connectivity index (χ4n) is 2.61. The molecule has 3 heterocycles. The van der Waals surface area contributed by atoms with Crippen LogP contribution in [0, 0.1) is 0 Å². The number of nitrogen functional groups attached to an aromatic ring is 1. The highest BCUT2D eigenvalue weighted by Crippen LogP contribution is 2.33. The minimum absolute atomic E-state index is 0.158. The number of ether oxygens (including phenoxy) is 2. The van der Waals surface area contributed by atoms with Crippen LogP contribution < -0.4 is 5.73 Å². The topological polar surface area (TPSA) is 129 Å². The van der Waals surface area contributed by atoms with E-state index in [1.54, 1.807) is 4.57 Å². The number of hydrogen-bond acceptors (Lipinski definition) is 8. The maximum Gasteiger partial charge on any atom is 0.165 e. The monoisotopic (exact) mass is 295 g/mol. The van der Waals surface area contributed by atoms with Crippen molar-refractivity contribution in [2.75, 3.05) is 19.5 Å². The minimum atomic E-state index is -1.28. The van der Waals surface area contributed by atoms with Crippen LogP contribution >= 0.6 is 0 Å². The lowest BCUT2D eigenvalue weighted by molar-refractivity contribution is -0.136. The quantitative estimate of drug-likeness (QED) is 0.648. The van der Waals surface area contributed by atoms with E-state index >= 15 is 0 Å². The van der Waals surface area contributed by atoms with E-state index in [1.165, 1.54) is 19.8 Å². The van der Waals surface area contributed by atoms with Crippen molar-refractivity contribution in [1.82, 2.24) is 19.5 Å². The van der Waals surface area contributed by atoms with E-state index < -0.39 is 18.0 Å². The van der Waals surface area contributed by atoms with E-state index in [9.17, 15) is 10.2 Å². The van der Waals surface area contributed by atoms with Crippen molar-refractivity contribution < 1.29 is 19.7 Å². The van der Waals surface area contributed by atoms with E-state index in [-0.39, 0.29) is 25.4 Å². The van der Waals surface area contributed by atoms with Crippen molar-refractivity contribution in [2.45, 2.75) is 31.0 Å². The molecule has 0 saturated carbocycles. The Morgan fingerprint density at radius 1 is 1.52 bits per heavy atom. The molecule has 114 valence electrons. The lowest BCUT2D eigenvalue weighted by atomic mass is 9.95. The van der Waals surface area contributed by atoms with Crippen molar-refractivity contribution in [1.29, 1.82) is 0 Å². The van der Waals surface area contributed by atoms with Gasteiger partial charge in [-0.15, -0.1) is 0 Å². The number of nitrogens with two attached hydrogens (primary N) is 1. The van der Waals surface area contributed by atoms with E-state index in [0.717, 1.165) is 0 Å². The molecule has 1 aliphatic rings.